The molecule has 2 aliphatic rings. The molecule has 1 atom stereocenters. The second kappa shape index (κ2) is 6.88. The molecular formula is C17H16FN3O3S2. The number of thioether (sulfide) groups is 1. The number of carbonyl (C=O) groups excluding carboxylic acids is 2. The Morgan fingerprint density at radius 2 is 2.12 bits per heavy atom. The number of nitrogens with one attached hydrogen (secondary N) is 1. The van der Waals surface area contributed by atoms with Gasteiger partial charge in [-0.3, -0.25) is 9.69 Å². The minimum absolute atomic E-state index is 0.157. The first-order valence-electron chi connectivity index (χ1n) is 8.09. The van der Waals surface area contributed by atoms with E-state index in [1.165, 1.54) is 28.4 Å². The van der Waals surface area contributed by atoms with Crippen molar-refractivity contribution >= 4 is 35.0 Å². The number of amides is 3. The number of hydrogen-bond donors (Lipinski definition) is 1. The molecule has 2 saturated heterocycles. The van der Waals surface area contributed by atoms with Gasteiger partial charge in [-0.1, -0.05) is 0 Å². The zero-order valence-electron chi connectivity index (χ0n) is 13.7. The predicted octanol–water partition coefficient (Wildman–Crippen LogP) is 2.79. The van der Waals surface area contributed by atoms with Gasteiger partial charge in [-0.2, -0.15) is 11.8 Å². The van der Waals surface area contributed by atoms with Crippen molar-refractivity contribution in [2.75, 3.05) is 11.5 Å². The van der Waals surface area contributed by atoms with E-state index < -0.39 is 5.54 Å². The van der Waals surface area contributed by atoms with Crippen LogP contribution in [0.15, 0.2) is 29.6 Å². The topological polar surface area (TPSA) is 71.5 Å². The average molecular weight is 393 g/mol. The maximum Gasteiger partial charge on any atom is 0.325 e. The van der Waals surface area contributed by atoms with Gasteiger partial charge in [0.15, 0.2) is 0 Å². The molecule has 6 nitrogen and oxygen atoms in total. The monoisotopic (exact) mass is 393 g/mol. The van der Waals surface area contributed by atoms with Gasteiger partial charge < -0.3 is 10.1 Å². The number of nitrogens with zero attached hydrogens (tertiary/aromatic N) is 2. The summed E-state index contributed by atoms with van der Waals surface area (Å²) in [7, 11) is 0. The summed E-state index contributed by atoms with van der Waals surface area (Å²) in [6.45, 7) is 0.404. The van der Waals surface area contributed by atoms with Crippen molar-refractivity contribution in [1.29, 1.82) is 0 Å². The SMILES string of the molecule is O=C1N[C@]2(CCSC2)C(=O)N1Cc1csc(COc2ccc(F)cc2)n1. The molecule has 0 unspecified atom stereocenters. The molecule has 1 aromatic heterocycles. The molecule has 0 radical (unpaired) electrons. The standard InChI is InChI=1S/C17H16FN3O3S2/c18-11-1-3-13(4-2-11)24-8-14-19-12(9-26-14)7-21-15(22)17(20-16(21)23)5-6-25-10-17/h1-4,9H,5-8,10H2,(H,20,23)/t17-/m0/s1. The molecule has 2 aliphatic heterocycles. The molecule has 4 rings (SSSR count). The molecule has 2 fully saturated rings. The van der Waals surface area contributed by atoms with Crippen LogP contribution in [-0.2, 0) is 17.9 Å². The first-order valence-corrected chi connectivity index (χ1v) is 10.1. The van der Waals surface area contributed by atoms with Crippen LogP contribution in [0.1, 0.15) is 17.1 Å². The number of benzene rings is 1. The number of aromatic nitrogens is 1. The molecule has 1 aromatic carbocycles. The van der Waals surface area contributed by atoms with Crippen molar-refractivity contribution in [3.8, 4) is 5.75 Å². The van der Waals surface area contributed by atoms with Crippen LogP contribution in [0.4, 0.5) is 9.18 Å². The van der Waals surface area contributed by atoms with Crippen LogP contribution >= 0.6 is 23.1 Å². The Morgan fingerprint density at radius 3 is 2.85 bits per heavy atom. The first kappa shape index (κ1) is 17.3. The maximum absolute atomic E-state index is 12.9. The summed E-state index contributed by atoms with van der Waals surface area (Å²) < 4.78 is 18.5. The number of imide groups is 1. The van der Waals surface area contributed by atoms with Crippen molar-refractivity contribution in [2.24, 2.45) is 0 Å². The third-order valence-electron chi connectivity index (χ3n) is 4.36. The summed E-state index contributed by atoms with van der Waals surface area (Å²) in [5.41, 5.74) is -0.0781. The molecule has 26 heavy (non-hydrogen) atoms. The fraction of sp³-hybridized carbons (Fsp3) is 0.353. The van der Waals surface area contributed by atoms with Crippen molar-refractivity contribution in [1.82, 2.24) is 15.2 Å². The van der Waals surface area contributed by atoms with E-state index in [1.54, 1.807) is 23.9 Å². The highest BCUT2D eigenvalue weighted by atomic mass is 32.2. The Balaban J connectivity index is 1.38. The van der Waals surface area contributed by atoms with Gasteiger partial charge in [0.1, 0.15) is 28.7 Å². The number of halogens is 1. The number of hydrogen-bond acceptors (Lipinski definition) is 6. The van der Waals surface area contributed by atoms with Gasteiger partial charge in [0.2, 0.25) is 0 Å². The molecule has 3 amide bonds. The molecule has 0 bridgehead atoms. The highest BCUT2D eigenvalue weighted by Gasteiger charge is 2.52. The van der Waals surface area contributed by atoms with E-state index in [9.17, 15) is 14.0 Å². The Labute approximate surface area is 157 Å². The van der Waals surface area contributed by atoms with E-state index in [0.29, 0.717) is 23.6 Å². The molecule has 0 aliphatic carbocycles. The average Bonchev–Trinajstić information content (AvgIpc) is 3.33. The Morgan fingerprint density at radius 1 is 1.31 bits per heavy atom. The van der Waals surface area contributed by atoms with E-state index in [2.05, 4.69) is 10.3 Å². The normalized spacial score (nSPS) is 22.3. The lowest BCUT2D eigenvalue weighted by Crippen LogP contribution is -2.46. The lowest BCUT2D eigenvalue weighted by atomic mass is 9.99. The molecule has 1 spiro atoms. The zero-order chi connectivity index (χ0) is 18.1. The molecule has 2 aromatic rings. The number of rotatable bonds is 5. The summed E-state index contributed by atoms with van der Waals surface area (Å²) in [6.07, 6.45) is 0.673. The Hall–Kier alpha value is -2.13. The lowest BCUT2D eigenvalue weighted by molar-refractivity contribution is -0.130. The van der Waals surface area contributed by atoms with E-state index in [1.807, 2.05) is 5.38 Å². The van der Waals surface area contributed by atoms with Crippen molar-refractivity contribution in [3.05, 3.63) is 46.2 Å². The molecule has 136 valence electrons. The van der Waals surface area contributed by atoms with Crippen LogP contribution in [0, 0.1) is 5.82 Å². The largest absolute Gasteiger partial charge is 0.486 e. The summed E-state index contributed by atoms with van der Waals surface area (Å²) in [6, 6.07) is 5.41. The maximum atomic E-state index is 12.9. The van der Waals surface area contributed by atoms with Crippen LogP contribution in [0.25, 0.3) is 0 Å². The quantitative estimate of drug-likeness (QED) is 0.791. The number of urea groups is 1. The fourth-order valence-corrected chi connectivity index (χ4v) is 5.00. The predicted molar refractivity (Wildman–Crippen MR) is 96.6 cm³/mol. The van der Waals surface area contributed by atoms with Crippen LogP contribution < -0.4 is 10.1 Å². The van der Waals surface area contributed by atoms with E-state index in [-0.39, 0.29) is 30.9 Å². The minimum Gasteiger partial charge on any atom is -0.486 e. The number of ether oxygens (including phenoxy) is 1. The summed E-state index contributed by atoms with van der Waals surface area (Å²) in [5.74, 6) is 1.58. The van der Waals surface area contributed by atoms with Crippen LogP contribution in [0.2, 0.25) is 0 Å². The van der Waals surface area contributed by atoms with Crippen LogP contribution in [0.3, 0.4) is 0 Å². The third kappa shape index (κ3) is 3.28. The van der Waals surface area contributed by atoms with E-state index in [0.717, 1.165) is 10.8 Å². The van der Waals surface area contributed by atoms with E-state index >= 15 is 0 Å². The van der Waals surface area contributed by atoms with Crippen molar-refractivity contribution in [3.63, 3.8) is 0 Å². The third-order valence-corrected chi connectivity index (χ3v) is 6.42. The highest BCUT2D eigenvalue weighted by molar-refractivity contribution is 7.99. The van der Waals surface area contributed by atoms with Gasteiger partial charge in [0, 0.05) is 11.1 Å². The first-order chi connectivity index (χ1) is 12.6. The van der Waals surface area contributed by atoms with Crippen molar-refractivity contribution < 1.29 is 18.7 Å². The number of carbonyl (C=O) groups is 2. The van der Waals surface area contributed by atoms with Crippen molar-refractivity contribution in [2.45, 2.75) is 25.1 Å². The summed E-state index contributed by atoms with van der Waals surface area (Å²) in [5, 5.41) is 5.39. The molecule has 0 saturated carbocycles. The Kier molecular flexibility index (Phi) is 4.58. The smallest absolute Gasteiger partial charge is 0.325 e. The lowest BCUT2D eigenvalue weighted by Gasteiger charge is -2.18. The summed E-state index contributed by atoms with van der Waals surface area (Å²) in [4.78, 5) is 30.5. The second-order valence-corrected chi connectivity index (χ2v) is 8.23. The molecule has 9 heteroatoms. The Bertz CT molecular complexity index is 834. The second-order valence-electron chi connectivity index (χ2n) is 6.18. The highest BCUT2D eigenvalue weighted by Crippen LogP contribution is 2.34. The van der Waals surface area contributed by atoms with Crippen LogP contribution in [0.5, 0.6) is 5.75 Å². The van der Waals surface area contributed by atoms with Crippen LogP contribution in [-0.4, -0.2) is 38.9 Å². The molecule has 1 N–H and O–H groups in total. The van der Waals surface area contributed by atoms with E-state index in [4.69, 9.17) is 4.74 Å². The van der Waals surface area contributed by atoms with Gasteiger partial charge in [0.05, 0.1) is 12.2 Å². The summed E-state index contributed by atoms with van der Waals surface area (Å²) >= 11 is 3.08. The van der Waals surface area contributed by atoms with Gasteiger partial charge in [-0.25, -0.2) is 14.2 Å². The minimum atomic E-state index is -0.730. The van der Waals surface area contributed by atoms with Gasteiger partial charge in [-0.15, -0.1) is 11.3 Å². The molecule has 3 heterocycles. The number of thiazole rings is 1. The fourth-order valence-electron chi connectivity index (χ4n) is 2.98. The molecular weight excluding hydrogens is 377 g/mol. The van der Waals surface area contributed by atoms with Gasteiger partial charge >= 0.3 is 6.03 Å². The van der Waals surface area contributed by atoms with Gasteiger partial charge in [0.25, 0.3) is 5.91 Å². The van der Waals surface area contributed by atoms with Gasteiger partial charge in [-0.05, 0) is 36.4 Å². The zero-order valence-corrected chi connectivity index (χ0v) is 15.4.